The van der Waals surface area contributed by atoms with Crippen LogP contribution in [0.1, 0.15) is 18.4 Å². The number of hydrogen-bond acceptors (Lipinski definition) is 4. The van der Waals surface area contributed by atoms with E-state index in [9.17, 15) is 8.42 Å². The van der Waals surface area contributed by atoms with Gasteiger partial charge in [0.15, 0.2) is 0 Å². The van der Waals surface area contributed by atoms with Crippen LogP contribution >= 0.6 is 11.8 Å². The predicted molar refractivity (Wildman–Crippen MR) is 93.7 cm³/mol. The fourth-order valence-corrected chi connectivity index (χ4v) is 3.63. The lowest BCUT2D eigenvalue weighted by Gasteiger charge is -2.07. The summed E-state index contributed by atoms with van der Waals surface area (Å²) in [4.78, 5) is 1.76. The van der Waals surface area contributed by atoms with Gasteiger partial charge in [0.2, 0.25) is 0 Å². The summed E-state index contributed by atoms with van der Waals surface area (Å²) >= 11 is 1.47. The Morgan fingerprint density at radius 2 is 1.70 bits per heavy atom. The lowest BCUT2D eigenvalue weighted by Crippen LogP contribution is -2.03. The van der Waals surface area contributed by atoms with E-state index >= 15 is 0 Å². The topological polar surface area (TPSA) is 66.4 Å². The van der Waals surface area contributed by atoms with Crippen LogP contribution in [0.3, 0.4) is 0 Å². The molecule has 124 valence electrons. The minimum Gasteiger partial charge on any atom is -0.317 e. The third-order valence-corrected chi connectivity index (χ3v) is 5.40. The van der Waals surface area contributed by atoms with Crippen molar-refractivity contribution >= 4 is 21.9 Å². The molecule has 0 aliphatic carbocycles. The van der Waals surface area contributed by atoms with Gasteiger partial charge in [0.25, 0.3) is 10.1 Å². The highest BCUT2D eigenvalue weighted by molar-refractivity contribution is 7.99. The molecule has 0 bridgehead atoms. The standard InChI is InChI=1S/C13H12O3S2.C4H9N/c1-10-7-8-12(18(14,15)16)9-13(10)17-11-5-3-2-4-6-11;1-2-4-5-3-1/h2-9H,1H3,(H,14,15,16);5H,1-4H2. The van der Waals surface area contributed by atoms with E-state index < -0.39 is 10.1 Å². The summed E-state index contributed by atoms with van der Waals surface area (Å²) in [5.74, 6) is 0. The summed E-state index contributed by atoms with van der Waals surface area (Å²) in [7, 11) is -4.15. The van der Waals surface area contributed by atoms with E-state index in [4.69, 9.17) is 4.55 Å². The van der Waals surface area contributed by atoms with Gasteiger partial charge in [0.05, 0.1) is 4.90 Å². The molecule has 0 radical (unpaired) electrons. The third-order valence-electron chi connectivity index (χ3n) is 3.39. The zero-order chi connectivity index (χ0) is 16.7. The molecule has 0 spiro atoms. The van der Waals surface area contributed by atoms with Crippen LogP contribution in [0.25, 0.3) is 0 Å². The van der Waals surface area contributed by atoms with Crippen molar-refractivity contribution < 1.29 is 13.0 Å². The number of aryl methyl sites for hydroxylation is 1. The molecule has 1 fully saturated rings. The zero-order valence-corrected chi connectivity index (χ0v) is 14.7. The maximum atomic E-state index is 11.1. The van der Waals surface area contributed by atoms with Crippen molar-refractivity contribution in [2.24, 2.45) is 0 Å². The van der Waals surface area contributed by atoms with Crippen LogP contribution < -0.4 is 5.32 Å². The normalized spacial score (nSPS) is 14.2. The maximum Gasteiger partial charge on any atom is 0.294 e. The summed E-state index contributed by atoms with van der Waals surface area (Å²) in [5.41, 5.74) is 0.969. The first-order valence-electron chi connectivity index (χ1n) is 7.48. The van der Waals surface area contributed by atoms with Crippen molar-refractivity contribution in [2.75, 3.05) is 13.1 Å². The Labute approximate surface area is 142 Å². The monoisotopic (exact) mass is 351 g/mol. The lowest BCUT2D eigenvalue weighted by atomic mass is 10.2. The smallest absolute Gasteiger partial charge is 0.294 e. The van der Waals surface area contributed by atoms with E-state index in [-0.39, 0.29) is 4.90 Å². The molecule has 23 heavy (non-hydrogen) atoms. The quantitative estimate of drug-likeness (QED) is 0.824. The maximum absolute atomic E-state index is 11.1. The first kappa shape index (κ1) is 18.0. The van der Waals surface area contributed by atoms with Gasteiger partial charge >= 0.3 is 0 Å². The molecule has 0 saturated carbocycles. The van der Waals surface area contributed by atoms with E-state index in [1.165, 1.54) is 49.8 Å². The first-order chi connectivity index (χ1) is 11.0. The summed E-state index contributed by atoms with van der Waals surface area (Å²) in [6, 6.07) is 14.2. The van der Waals surface area contributed by atoms with E-state index in [1.54, 1.807) is 6.07 Å². The van der Waals surface area contributed by atoms with Crippen LogP contribution in [0.15, 0.2) is 63.2 Å². The minimum absolute atomic E-state index is 0.0773. The van der Waals surface area contributed by atoms with Crippen molar-refractivity contribution in [1.82, 2.24) is 5.32 Å². The Morgan fingerprint density at radius 3 is 2.22 bits per heavy atom. The molecule has 2 aromatic rings. The Morgan fingerprint density at radius 1 is 1.04 bits per heavy atom. The number of nitrogens with one attached hydrogen (secondary N) is 1. The summed E-state index contributed by atoms with van der Waals surface area (Å²) in [6.45, 7) is 4.40. The van der Waals surface area contributed by atoms with Crippen molar-refractivity contribution in [3.63, 3.8) is 0 Å². The molecule has 0 atom stereocenters. The molecule has 3 rings (SSSR count). The highest BCUT2D eigenvalue weighted by Crippen LogP contribution is 2.31. The predicted octanol–water partition coefficient (Wildman–Crippen LogP) is 3.76. The summed E-state index contributed by atoms with van der Waals surface area (Å²) in [6.07, 6.45) is 2.78. The van der Waals surface area contributed by atoms with Crippen molar-refractivity contribution in [2.45, 2.75) is 34.5 Å². The number of hydrogen-bond donors (Lipinski definition) is 2. The largest absolute Gasteiger partial charge is 0.317 e. The molecule has 1 aliphatic heterocycles. The van der Waals surface area contributed by atoms with Gasteiger partial charge in [-0.15, -0.1) is 0 Å². The van der Waals surface area contributed by atoms with E-state index in [1.807, 2.05) is 37.3 Å². The minimum atomic E-state index is -4.15. The molecule has 0 unspecified atom stereocenters. The fraction of sp³-hybridized carbons (Fsp3) is 0.294. The summed E-state index contributed by atoms with van der Waals surface area (Å²) in [5, 5.41) is 3.22. The van der Waals surface area contributed by atoms with Crippen LogP contribution in [0.2, 0.25) is 0 Å². The Balaban J connectivity index is 0.000000326. The average Bonchev–Trinajstić information content (AvgIpc) is 3.09. The van der Waals surface area contributed by atoms with Crippen molar-refractivity contribution in [1.29, 1.82) is 0 Å². The molecule has 1 aliphatic rings. The van der Waals surface area contributed by atoms with Crippen LogP contribution in [-0.4, -0.2) is 26.1 Å². The van der Waals surface area contributed by atoms with E-state index in [0.717, 1.165) is 15.4 Å². The number of rotatable bonds is 3. The average molecular weight is 351 g/mol. The van der Waals surface area contributed by atoms with Gasteiger partial charge in [0.1, 0.15) is 0 Å². The zero-order valence-electron chi connectivity index (χ0n) is 13.0. The lowest BCUT2D eigenvalue weighted by molar-refractivity contribution is 0.483. The second-order valence-electron chi connectivity index (χ2n) is 5.27. The molecule has 0 aromatic heterocycles. The highest BCUT2D eigenvalue weighted by Gasteiger charge is 2.11. The van der Waals surface area contributed by atoms with E-state index in [2.05, 4.69) is 5.32 Å². The Kier molecular flexibility index (Phi) is 6.65. The van der Waals surface area contributed by atoms with Crippen LogP contribution in [0, 0.1) is 6.92 Å². The molecular weight excluding hydrogens is 330 g/mol. The van der Waals surface area contributed by atoms with Gasteiger partial charge in [-0.1, -0.05) is 36.0 Å². The Hall–Kier alpha value is -1.34. The molecule has 2 N–H and O–H groups in total. The number of benzene rings is 2. The van der Waals surface area contributed by atoms with Crippen molar-refractivity contribution in [3.05, 3.63) is 54.1 Å². The van der Waals surface area contributed by atoms with E-state index in [0.29, 0.717) is 0 Å². The second-order valence-corrected chi connectivity index (χ2v) is 7.81. The molecule has 6 heteroatoms. The third kappa shape index (κ3) is 5.99. The second kappa shape index (κ2) is 8.49. The highest BCUT2D eigenvalue weighted by atomic mass is 32.2. The van der Waals surface area contributed by atoms with Gasteiger partial charge in [-0.3, -0.25) is 4.55 Å². The molecule has 0 amide bonds. The van der Waals surface area contributed by atoms with Gasteiger partial charge < -0.3 is 5.32 Å². The van der Waals surface area contributed by atoms with Crippen LogP contribution in [0.4, 0.5) is 0 Å². The van der Waals surface area contributed by atoms with Gasteiger partial charge in [-0.2, -0.15) is 8.42 Å². The van der Waals surface area contributed by atoms with Crippen molar-refractivity contribution in [3.8, 4) is 0 Å². The first-order valence-corrected chi connectivity index (χ1v) is 9.74. The molecular formula is C17H21NO3S2. The van der Waals surface area contributed by atoms with Gasteiger partial charge in [0, 0.05) is 9.79 Å². The fourth-order valence-electron chi connectivity index (χ4n) is 2.09. The van der Waals surface area contributed by atoms with Crippen LogP contribution in [-0.2, 0) is 10.1 Å². The molecule has 2 aromatic carbocycles. The van der Waals surface area contributed by atoms with Crippen LogP contribution in [0.5, 0.6) is 0 Å². The summed E-state index contributed by atoms with van der Waals surface area (Å²) < 4.78 is 31.2. The van der Waals surface area contributed by atoms with Gasteiger partial charge in [-0.05, 0) is 62.7 Å². The van der Waals surface area contributed by atoms with Gasteiger partial charge in [-0.25, -0.2) is 0 Å². The SMILES string of the molecule is C1CCNC1.Cc1ccc(S(=O)(=O)O)cc1Sc1ccccc1. The molecule has 1 heterocycles. The Bertz CT molecular complexity index is 719. The molecule has 4 nitrogen and oxygen atoms in total. The molecule has 1 saturated heterocycles.